The Hall–Kier alpha value is -2.42. The molecule has 0 saturated heterocycles. The van der Waals surface area contributed by atoms with Gasteiger partial charge in [0, 0.05) is 0 Å². The predicted octanol–water partition coefficient (Wildman–Crippen LogP) is 2.83. The number of aromatic nitrogens is 4. The van der Waals surface area contributed by atoms with Crippen molar-refractivity contribution in [2.24, 2.45) is 5.92 Å². The van der Waals surface area contributed by atoms with E-state index in [1.165, 1.54) is 0 Å². The Morgan fingerprint density at radius 1 is 1.22 bits per heavy atom. The number of hydrogen-bond donors (Lipinski definition) is 2. The van der Waals surface area contributed by atoms with E-state index in [9.17, 15) is 9.50 Å². The highest BCUT2D eigenvalue weighted by Gasteiger charge is 2.26. The molecule has 0 aromatic carbocycles. The molecule has 2 saturated carbocycles. The number of nitrogens with one attached hydrogen (secondary N) is 1. The Balaban J connectivity index is 1.42. The van der Waals surface area contributed by atoms with Crippen molar-refractivity contribution >= 4 is 11.6 Å². The van der Waals surface area contributed by atoms with Crippen molar-refractivity contribution in [1.29, 1.82) is 0 Å². The standard InChI is InChI=1S/C18H24FN5O3/c1-26-17-15(9-24(23-17)12-4-5-12)21-18-20-8-14(19)16(22-18)27-10-11-2-6-13(25)7-3-11/h8-9,11-13,25H,2-7,10H2,1H3,(H,20,21,22)/t11-,13-. The van der Waals surface area contributed by atoms with Gasteiger partial charge < -0.3 is 19.9 Å². The summed E-state index contributed by atoms with van der Waals surface area (Å²) in [5, 5.41) is 17.0. The molecule has 0 bridgehead atoms. The zero-order valence-electron chi connectivity index (χ0n) is 15.3. The zero-order chi connectivity index (χ0) is 18.8. The number of rotatable bonds is 7. The number of aliphatic hydroxyl groups excluding tert-OH is 1. The summed E-state index contributed by atoms with van der Waals surface area (Å²) in [5.74, 6) is 0.289. The van der Waals surface area contributed by atoms with Gasteiger partial charge in [-0.1, -0.05) is 0 Å². The third-order valence-electron chi connectivity index (χ3n) is 5.04. The van der Waals surface area contributed by atoms with Crippen molar-refractivity contribution in [3.05, 3.63) is 18.2 Å². The lowest BCUT2D eigenvalue weighted by Gasteiger charge is -2.25. The van der Waals surface area contributed by atoms with Gasteiger partial charge in [0.15, 0.2) is 0 Å². The van der Waals surface area contributed by atoms with E-state index in [-0.39, 0.29) is 17.9 Å². The summed E-state index contributed by atoms with van der Waals surface area (Å²) in [5.41, 5.74) is 0.628. The van der Waals surface area contributed by atoms with Crippen LogP contribution in [0.5, 0.6) is 11.8 Å². The molecule has 0 atom stereocenters. The fourth-order valence-electron chi connectivity index (χ4n) is 3.28. The quantitative estimate of drug-likeness (QED) is 0.766. The molecular weight excluding hydrogens is 353 g/mol. The molecule has 2 aliphatic rings. The first kappa shape index (κ1) is 18.0. The zero-order valence-corrected chi connectivity index (χ0v) is 15.3. The van der Waals surface area contributed by atoms with E-state index in [0.29, 0.717) is 30.1 Å². The van der Waals surface area contributed by atoms with Gasteiger partial charge in [0.2, 0.25) is 11.8 Å². The Bertz CT molecular complexity index is 787. The first-order valence-corrected chi connectivity index (χ1v) is 9.36. The maximum atomic E-state index is 14.0. The van der Waals surface area contributed by atoms with Gasteiger partial charge >= 0.3 is 0 Å². The first-order valence-electron chi connectivity index (χ1n) is 9.36. The number of ether oxygens (including phenoxy) is 2. The number of methoxy groups -OCH3 is 1. The minimum Gasteiger partial charge on any atom is -0.478 e. The molecule has 8 nitrogen and oxygen atoms in total. The van der Waals surface area contributed by atoms with Crippen LogP contribution in [0.25, 0.3) is 0 Å². The minimum absolute atomic E-state index is 0.0767. The van der Waals surface area contributed by atoms with Crippen molar-refractivity contribution in [3.63, 3.8) is 0 Å². The van der Waals surface area contributed by atoms with E-state index in [0.717, 1.165) is 44.7 Å². The molecule has 0 amide bonds. The van der Waals surface area contributed by atoms with Crippen molar-refractivity contribution in [3.8, 4) is 11.8 Å². The second-order valence-corrected chi connectivity index (χ2v) is 7.22. The van der Waals surface area contributed by atoms with Crippen molar-refractivity contribution < 1.29 is 19.0 Å². The highest BCUT2D eigenvalue weighted by atomic mass is 19.1. The van der Waals surface area contributed by atoms with E-state index in [2.05, 4.69) is 20.4 Å². The van der Waals surface area contributed by atoms with Gasteiger partial charge in [-0.3, -0.25) is 4.68 Å². The average molecular weight is 377 g/mol. The molecule has 146 valence electrons. The van der Waals surface area contributed by atoms with Gasteiger partial charge in [-0.25, -0.2) is 4.98 Å². The molecule has 27 heavy (non-hydrogen) atoms. The lowest BCUT2D eigenvalue weighted by molar-refractivity contribution is 0.0899. The molecule has 9 heteroatoms. The second kappa shape index (κ2) is 7.67. The molecule has 2 aromatic heterocycles. The van der Waals surface area contributed by atoms with Gasteiger partial charge in [0.1, 0.15) is 5.69 Å². The molecular formula is C18H24FN5O3. The van der Waals surface area contributed by atoms with Gasteiger partial charge in [0.05, 0.1) is 38.3 Å². The highest BCUT2D eigenvalue weighted by molar-refractivity contribution is 5.59. The van der Waals surface area contributed by atoms with Crippen LogP contribution in [-0.4, -0.2) is 44.7 Å². The lowest BCUT2D eigenvalue weighted by atomic mass is 9.88. The third-order valence-corrected chi connectivity index (χ3v) is 5.04. The fourth-order valence-corrected chi connectivity index (χ4v) is 3.28. The van der Waals surface area contributed by atoms with E-state index in [4.69, 9.17) is 9.47 Å². The molecule has 2 aromatic rings. The Labute approximate surface area is 156 Å². The summed E-state index contributed by atoms with van der Waals surface area (Å²) in [6.45, 7) is 0.378. The number of nitrogens with zero attached hydrogens (tertiary/aromatic N) is 4. The van der Waals surface area contributed by atoms with Crippen LogP contribution in [0.1, 0.15) is 44.6 Å². The van der Waals surface area contributed by atoms with Gasteiger partial charge in [-0.2, -0.15) is 9.37 Å². The van der Waals surface area contributed by atoms with Crippen LogP contribution in [0, 0.1) is 11.7 Å². The van der Waals surface area contributed by atoms with Crippen LogP contribution in [0.3, 0.4) is 0 Å². The lowest BCUT2D eigenvalue weighted by Crippen LogP contribution is -2.23. The van der Waals surface area contributed by atoms with Crippen LogP contribution in [0.2, 0.25) is 0 Å². The van der Waals surface area contributed by atoms with E-state index >= 15 is 0 Å². The normalized spacial score (nSPS) is 22.5. The van der Waals surface area contributed by atoms with Crippen LogP contribution in [0.4, 0.5) is 16.0 Å². The highest BCUT2D eigenvalue weighted by Crippen LogP contribution is 2.37. The van der Waals surface area contributed by atoms with Crippen molar-refractivity contribution in [2.75, 3.05) is 19.0 Å². The maximum Gasteiger partial charge on any atom is 0.256 e. The summed E-state index contributed by atoms with van der Waals surface area (Å²) >= 11 is 0. The van der Waals surface area contributed by atoms with E-state index < -0.39 is 5.82 Å². The van der Waals surface area contributed by atoms with Crippen LogP contribution < -0.4 is 14.8 Å². The summed E-state index contributed by atoms with van der Waals surface area (Å²) in [4.78, 5) is 8.13. The Morgan fingerprint density at radius 2 is 2.00 bits per heavy atom. The number of hydrogen-bond acceptors (Lipinski definition) is 7. The number of anilines is 2. The topological polar surface area (TPSA) is 94.3 Å². The van der Waals surface area contributed by atoms with Crippen molar-refractivity contribution in [2.45, 2.75) is 50.7 Å². The van der Waals surface area contributed by atoms with Gasteiger partial charge in [-0.15, -0.1) is 5.10 Å². The van der Waals surface area contributed by atoms with Gasteiger partial charge in [0.25, 0.3) is 11.8 Å². The Morgan fingerprint density at radius 3 is 2.70 bits per heavy atom. The first-order chi connectivity index (χ1) is 13.1. The molecule has 4 rings (SSSR count). The summed E-state index contributed by atoms with van der Waals surface area (Å²) in [6, 6.07) is 0.413. The summed E-state index contributed by atoms with van der Waals surface area (Å²) in [6.07, 6.45) is 8.19. The molecule has 2 fully saturated rings. The largest absolute Gasteiger partial charge is 0.478 e. The number of halogens is 1. The monoisotopic (exact) mass is 377 g/mol. The fraction of sp³-hybridized carbons (Fsp3) is 0.611. The smallest absolute Gasteiger partial charge is 0.256 e. The molecule has 0 unspecified atom stereocenters. The predicted molar refractivity (Wildman–Crippen MR) is 95.8 cm³/mol. The minimum atomic E-state index is -0.600. The average Bonchev–Trinajstić information content (AvgIpc) is 3.44. The van der Waals surface area contributed by atoms with E-state index in [1.54, 1.807) is 7.11 Å². The molecule has 2 N–H and O–H groups in total. The Kier molecular flexibility index (Phi) is 5.11. The second-order valence-electron chi connectivity index (χ2n) is 7.22. The molecule has 2 aliphatic carbocycles. The van der Waals surface area contributed by atoms with Crippen LogP contribution in [0.15, 0.2) is 12.4 Å². The third kappa shape index (κ3) is 4.29. The summed E-state index contributed by atoms with van der Waals surface area (Å²) < 4.78 is 26.8. The molecule has 0 radical (unpaired) electrons. The van der Waals surface area contributed by atoms with Crippen LogP contribution >= 0.6 is 0 Å². The molecule has 0 aliphatic heterocycles. The maximum absolute atomic E-state index is 14.0. The number of aliphatic hydroxyl groups is 1. The summed E-state index contributed by atoms with van der Waals surface area (Å²) in [7, 11) is 1.55. The van der Waals surface area contributed by atoms with Gasteiger partial charge in [-0.05, 0) is 44.4 Å². The van der Waals surface area contributed by atoms with Crippen molar-refractivity contribution in [1.82, 2.24) is 19.7 Å². The van der Waals surface area contributed by atoms with E-state index in [1.807, 2.05) is 10.9 Å². The molecule has 0 spiro atoms. The SMILES string of the molecule is COc1nn(C2CC2)cc1Nc1ncc(F)c(OC[C@H]2CC[C@H](O)CC2)n1. The molecule has 2 heterocycles. The van der Waals surface area contributed by atoms with Crippen LogP contribution in [-0.2, 0) is 0 Å².